The minimum atomic E-state index is -0.0627. The van der Waals surface area contributed by atoms with Gasteiger partial charge in [-0.3, -0.25) is 14.5 Å². The summed E-state index contributed by atoms with van der Waals surface area (Å²) in [5.74, 6) is 0.582. The molecule has 1 rings (SSSR count). The highest BCUT2D eigenvalue weighted by atomic mass is 32.2. The first-order chi connectivity index (χ1) is 6.65. The Bertz CT molecular complexity index is 216. The molecule has 1 saturated heterocycles. The number of hydrogen-bond acceptors (Lipinski definition) is 4. The fraction of sp³-hybridized carbons (Fsp3) is 0.778. The Morgan fingerprint density at radius 3 is 2.50 bits per heavy atom. The molecule has 80 valence electrons. The van der Waals surface area contributed by atoms with E-state index in [1.165, 1.54) is 4.90 Å². The summed E-state index contributed by atoms with van der Waals surface area (Å²) >= 11 is 1.57. The number of likely N-dealkylation sites (tertiary alicyclic amines) is 1. The van der Waals surface area contributed by atoms with E-state index in [0.29, 0.717) is 25.1 Å². The number of nitrogens with zero attached hydrogens (tertiary/aromatic N) is 1. The third-order valence-corrected chi connectivity index (χ3v) is 3.27. The fourth-order valence-corrected chi connectivity index (χ4v) is 2.07. The third kappa shape index (κ3) is 2.99. The van der Waals surface area contributed by atoms with Gasteiger partial charge in [-0.2, -0.15) is 11.8 Å². The maximum Gasteiger partial charge on any atom is 0.229 e. The molecule has 0 aromatic carbocycles. The van der Waals surface area contributed by atoms with Gasteiger partial charge in [0.15, 0.2) is 0 Å². The van der Waals surface area contributed by atoms with Crippen molar-refractivity contribution in [3.63, 3.8) is 0 Å². The van der Waals surface area contributed by atoms with Crippen molar-refractivity contribution in [1.82, 2.24) is 4.90 Å². The number of thioether (sulfide) groups is 1. The summed E-state index contributed by atoms with van der Waals surface area (Å²) in [7, 11) is 0. The number of carbonyl (C=O) groups is 2. The third-order valence-electron chi connectivity index (χ3n) is 2.13. The SMILES string of the molecule is CC(CO)SCCN1C(=O)CCC1=O. The lowest BCUT2D eigenvalue weighted by Crippen LogP contribution is -2.31. The van der Waals surface area contributed by atoms with Crippen LogP contribution in [0.2, 0.25) is 0 Å². The predicted molar refractivity (Wildman–Crippen MR) is 55.0 cm³/mol. The number of amides is 2. The maximum atomic E-state index is 11.2. The van der Waals surface area contributed by atoms with Gasteiger partial charge in [-0.1, -0.05) is 6.92 Å². The molecule has 2 amide bonds. The smallest absolute Gasteiger partial charge is 0.229 e. The lowest BCUT2D eigenvalue weighted by Gasteiger charge is -2.14. The molecule has 1 unspecified atom stereocenters. The van der Waals surface area contributed by atoms with Gasteiger partial charge in [0.2, 0.25) is 11.8 Å². The molecule has 5 heteroatoms. The topological polar surface area (TPSA) is 57.6 Å². The van der Waals surface area contributed by atoms with Crippen LogP contribution in [-0.2, 0) is 9.59 Å². The molecule has 1 fully saturated rings. The Hall–Kier alpha value is -0.550. The van der Waals surface area contributed by atoms with E-state index in [0.717, 1.165) is 0 Å². The summed E-state index contributed by atoms with van der Waals surface area (Å²) < 4.78 is 0. The molecule has 1 N–H and O–H groups in total. The Labute approximate surface area is 87.7 Å². The second-order valence-electron chi connectivity index (χ2n) is 3.30. The van der Waals surface area contributed by atoms with Crippen LogP contribution in [0.15, 0.2) is 0 Å². The van der Waals surface area contributed by atoms with E-state index < -0.39 is 0 Å². The van der Waals surface area contributed by atoms with Crippen LogP contribution in [0.1, 0.15) is 19.8 Å². The van der Waals surface area contributed by atoms with Crippen molar-refractivity contribution in [2.45, 2.75) is 25.0 Å². The zero-order valence-corrected chi connectivity index (χ0v) is 9.05. The number of rotatable bonds is 5. The maximum absolute atomic E-state index is 11.2. The first kappa shape index (κ1) is 11.5. The number of imide groups is 1. The molecule has 1 aliphatic rings. The van der Waals surface area contributed by atoms with E-state index in [1.54, 1.807) is 11.8 Å². The highest BCUT2D eigenvalue weighted by Crippen LogP contribution is 2.14. The number of aliphatic hydroxyl groups excluding tert-OH is 1. The van der Waals surface area contributed by atoms with Gasteiger partial charge in [-0.25, -0.2) is 0 Å². The molecule has 0 saturated carbocycles. The van der Waals surface area contributed by atoms with E-state index in [-0.39, 0.29) is 23.7 Å². The van der Waals surface area contributed by atoms with Gasteiger partial charge in [0, 0.05) is 30.4 Å². The van der Waals surface area contributed by atoms with Crippen molar-refractivity contribution in [3.05, 3.63) is 0 Å². The second-order valence-corrected chi connectivity index (χ2v) is 4.85. The summed E-state index contributed by atoms with van der Waals surface area (Å²) in [6.07, 6.45) is 0.720. The summed E-state index contributed by atoms with van der Waals surface area (Å²) in [5.41, 5.74) is 0. The average molecular weight is 217 g/mol. The molecular weight excluding hydrogens is 202 g/mol. The van der Waals surface area contributed by atoms with Crippen LogP contribution in [0.5, 0.6) is 0 Å². The molecule has 0 aromatic heterocycles. The number of hydrogen-bond donors (Lipinski definition) is 1. The Morgan fingerprint density at radius 2 is 2.00 bits per heavy atom. The van der Waals surface area contributed by atoms with Crippen LogP contribution in [0.25, 0.3) is 0 Å². The van der Waals surface area contributed by atoms with Gasteiger partial charge < -0.3 is 5.11 Å². The van der Waals surface area contributed by atoms with E-state index in [2.05, 4.69) is 0 Å². The minimum Gasteiger partial charge on any atom is -0.395 e. The van der Waals surface area contributed by atoms with Crippen LogP contribution in [-0.4, -0.2) is 46.0 Å². The molecular formula is C9H15NO3S. The summed E-state index contributed by atoms with van der Waals surface area (Å²) in [6.45, 7) is 2.53. The van der Waals surface area contributed by atoms with Crippen molar-refractivity contribution >= 4 is 23.6 Å². The van der Waals surface area contributed by atoms with Crippen molar-refractivity contribution in [3.8, 4) is 0 Å². The van der Waals surface area contributed by atoms with Crippen molar-refractivity contribution < 1.29 is 14.7 Å². The predicted octanol–water partition coefficient (Wildman–Crippen LogP) is 0.249. The lowest BCUT2D eigenvalue weighted by atomic mass is 10.4. The average Bonchev–Trinajstić information content (AvgIpc) is 2.48. The van der Waals surface area contributed by atoms with Gasteiger partial charge in [0.1, 0.15) is 0 Å². The van der Waals surface area contributed by atoms with Gasteiger partial charge in [-0.15, -0.1) is 0 Å². The molecule has 1 heterocycles. The van der Waals surface area contributed by atoms with Crippen molar-refractivity contribution in [1.29, 1.82) is 0 Å². The Kier molecular flexibility index (Phi) is 4.41. The van der Waals surface area contributed by atoms with Crippen LogP contribution < -0.4 is 0 Å². The molecule has 0 aromatic rings. The van der Waals surface area contributed by atoms with E-state index >= 15 is 0 Å². The van der Waals surface area contributed by atoms with Gasteiger partial charge in [-0.05, 0) is 0 Å². The Balaban J connectivity index is 2.24. The summed E-state index contributed by atoms with van der Waals surface area (Å²) in [6, 6.07) is 0. The normalized spacial score (nSPS) is 19.1. The number of carbonyl (C=O) groups excluding carboxylic acids is 2. The summed E-state index contributed by atoms with van der Waals surface area (Å²) in [5, 5.41) is 8.93. The monoisotopic (exact) mass is 217 g/mol. The standard InChI is InChI=1S/C9H15NO3S/c1-7(6-11)14-5-4-10-8(12)2-3-9(10)13/h7,11H,2-6H2,1H3. The molecule has 0 radical (unpaired) electrons. The zero-order chi connectivity index (χ0) is 10.6. The van der Waals surface area contributed by atoms with E-state index in [9.17, 15) is 9.59 Å². The zero-order valence-electron chi connectivity index (χ0n) is 8.23. The van der Waals surface area contributed by atoms with Crippen LogP contribution in [0, 0.1) is 0 Å². The van der Waals surface area contributed by atoms with Gasteiger partial charge >= 0.3 is 0 Å². The van der Waals surface area contributed by atoms with Crippen molar-refractivity contribution in [2.75, 3.05) is 18.9 Å². The second kappa shape index (κ2) is 5.36. The van der Waals surface area contributed by atoms with Gasteiger partial charge in [0.05, 0.1) is 6.61 Å². The molecule has 0 bridgehead atoms. The molecule has 0 spiro atoms. The first-order valence-electron chi connectivity index (χ1n) is 4.71. The van der Waals surface area contributed by atoms with Crippen molar-refractivity contribution in [2.24, 2.45) is 0 Å². The fourth-order valence-electron chi connectivity index (χ4n) is 1.27. The highest BCUT2D eigenvalue weighted by Gasteiger charge is 2.28. The van der Waals surface area contributed by atoms with E-state index in [1.807, 2.05) is 6.92 Å². The quantitative estimate of drug-likeness (QED) is 0.671. The largest absolute Gasteiger partial charge is 0.395 e. The molecule has 1 atom stereocenters. The first-order valence-corrected chi connectivity index (χ1v) is 5.75. The van der Waals surface area contributed by atoms with Gasteiger partial charge in [0.25, 0.3) is 0 Å². The van der Waals surface area contributed by atoms with E-state index in [4.69, 9.17) is 5.11 Å². The molecule has 0 aliphatic carbocycles. The van der Waals surface area contributed by atoms with Crippen LogP contribution >= 0.6 is 11.8 Å². The Morgan fingerprint density at radius 1 is 1.43 bits per heavy atom. The van der Waals surface area contributed by atoms with Crippen LogP contribution in [0.4, 0.5) is 0 Å². The number of aliphatic hydroxyl groups is 1. The lowest BCUT2D eigenvalue weighted by molar-refractivity contribution is -0.137. The molecule has 14 heavy (non-hydrogen) atoms. The van der Waals surface area contributed by atoms with Crippen LogP contribution in [0.3, 0.4) is 0 Å². The molecule has 1 aliphatic heterocycles. The highest BCUT2D eigenvalue weighted by molar-refractivity contribution is 7.99. The summed E-state index contributed by atoms with van der Waals surface area (Å²) in [4.78, 5) is 23.7. The molecule has 4 nitrogen and oxygen atoms in total. The minimum absolute atomic E-state index is 0.0627.